The van der Waals surface area contributed by atoms with Gasteiger partial charge in [-0.25, -0.2) is 0 Å². The monoisotopic (exact) mass is 429 g/mol. The first-order chi connectivity index (χ1) is 15.5. The lowest BCUT2D eigenvalue weighted by atomic mass is 9.82. The van der Waals surface area contributed by atoms with Crippen LogP contribution in [0.3, 0.4) is 0 Å². The SMILES string of the molecule is CCCC(=O)N[C@H](CCc1ccc(C)cc1)[C@H](c1ccc(C)cc1)c1ccc(OC)cc1. The van der Waals surface area contributed by atoms with Crippen molar-refractivity contribution in [2.24, 2.45) is 0 Å². The number of amides is 1. The van der Waals surface area contributed by atoms with E-state index in [1.165, 1.54) is 27.8 Å². The van der Waals surface area contributed by atoms with E-state index in [2.05, 4.69) is 79.8 Å². The molecule has 0 aliphatic heterocycles. The van der Waals surface area contributed by atoms with Crippen molar-refractivity contribution in [1.29, 1.82) is 0 Å². The molecule has 2 atom stereocenters. The van der Waals surface area contributed by atoms with E-state index in [9.17, 15) is 4.79 Å². The molecule has 0 aliphatic rings. The van der Waals surface area contributed by atoms with Crippen molar-refractivity contribution in [2.45, 2.75) is 58.4 Å². The second-order valence-corrected chi connectivity index (χ2v) is 8.61. The first-order valence-electron chi connectivity index (χ1n) is 11.6. The Morgan fingerprint density at radius 1 is 0.844 bits per heavy atom. The highest BCUT2D eigenvalue weighted by molar-refractivity contribution is 5.76. The van der Waals surface area contributed by atoms with Crippen LogP contribution in [0.5, 0.6) is 5.75 Å². The third-order valence-corrected chi connectivity index (χ3v) is 6.00. The minimum absolute atomic E-state index is 0.00791. The van der Waals surface area contributed by atoms with Crippen LogP contribution in [-0.2, 0) is 11.2 Å². The Hall–Kier alpha value is -3.07. The van der Waals surface area contributed by atoms with E-state index in [1.54, 1.807) is 7.11 Å². The van der Waals surface area contributed by atoms with Gasteiger partial charge in [0.1, 0.15) is 5.75 Å². The van der Waals surface area contributed by atoms with Gasteiger partial charge in [-0.15, -0.1) is 0 Å². The maximum atomic E-state index is 12.7. The minimum Gasteiger partial charge on any atom is -0.497 e. The molecule has 3 nitrogen and oxygen atoms in total. The van der Waals surface area contributed by atoms with Gasteiger partial charge in [-0.1, -0.05) is 78.7 Å². The smallest absolute Gasteiger partial charge is 0.220 e. The maximum Gasteiger partial charge on any atom is 0.220 e. The Morgan fingerprint density at radius 2 is 1.38 bits per heavy atom. The lowest BCUT2D eigenvalue weighted by molar-refractivity contribution is -0.121. The second kappa shape index (κ2) is 11.5. The fourth-order valence-corrected chi connectivity index (χ4v) is 4.15. The van der Waals surface area contributed by atoms with Crippen LogP contribution in [0, 0.1) is 13.8 Å². The van der Waals surface area contributed by atoms with Crippen LogP contribution in [0.15, 0.2) is 72.8 Å². The van der Waals surface area contributed by atoms with Gasteiger partial charge in [-0.2, -0.15) is 0 Å². The number of nitrogens with one attached hydrogen (secondary N) is 1. The van der Waals surface area contributed by atoms with E-state index in [4.69, 9.17) is 4.74 Å². The van der Waals surface area contributed by atoms with Crippen molar-refractivity contribution >= 4 is 5.91 Å². The van der Waals surface area contributed by atoms with Gasteiger partial charge in [0.2, 0.25) is 5.91 Å². The molecule has 0 bridgehead atoms. The minimum atomic E-state index is -0.00791. The molecule has 3 aromatic rings. The molecule has 0 spiro atoms. The Labute approximate surface area is 192 Å². The maximum absolute atomic E-state index is 12.7. The molecular formula is C29H35NO2. The van der Waals surface area contributed by atoms with Crippen molar-refractivity contribution in [2.75, 3.05) is 7.11 Å². The van der Waals surface area contributed by atoms with Gasteiger partial charge < -0.3 is 10.1 Å². The Bertz CT molecular complexity index is 975. The van der Waals surface area contributed by atoms with Crippen LogP contribution in [0.1, 0.15) is 59.9 Å². The van der Waals surface area contributed by atoms with Crippen molar-refractivity contribution in [3.8, 4) is 5.75 Å². The van der Waals surface area contributed by atoms with Crippen LogP contribution in [0.4, 0.5) is 0 Å². The highest BCUT2D eigenvalue weighted by Gasteiger charge is 2.26. The van der Waals surface area contributed by atoms with Crippen LogP contribution in [-0.4, -0.2) is 19.1 Å². The van der Waals surface area contributed by atoms with Crippen LogP contribution >= 0.6 is 0 Å². The molecule has 0 saturated heterocycles. The molecule has 1 amide bonds. The summed E-state index contributed by atoms with van der Waals surface area (Å²) in [6.45, 7) is 6.25. The number of rotatable bonds is 10. The Balaban J connectivity index is 1.96. The van der Waals surface area contributed by atoms with Crippen LogP contribution in [0.25, 0.3) is 0 Å². The van der Waals surface area contributed by atoms with Crippen molar-refractivity contribution < 1.29 is 9.53 Å². The van der Waals surface area contributed by atoms with Gasteiger partial charge in [0, 0.05) is 18.4 Å². The lowest BCUT2D eigenvalue weighted by Crippen LogP contribution is -2.40. The third kappa shape index (κ3) is 6.46. The van der Waals surface area contributed by atoms with Gasteiger partial charge in [0.25, 0.3) is 0 Å². The van der Waals surface area contributed by atoms with E-state index < -0.39 is 0 Å². The highest BCUT2D eigenvalue weighted by Crippen LogP contribution is 2.32. The topological polar surface area (TPSA) is 38.3 Å². The molecule has 3 rings (SSSR count). The average Bonchev–Trinajstić information content (AvgIpc) is 2.80. The molecule has 0 aromatic heterocycles. The van der Waals surface area contributed by atoms with Gasteiger partial charge in [0.05, 0.1) is 7.11 Å². The molecule has 0 saturated carbocycles. The van der Waals surface area contributed by atoms with E-state index in [-0.39, 0.29) is 17.9 Å². The zero-order chi connectivity index (χ0) is 22.9. The molecular weight excluding hydrogens is 394 g/mol. The van der Waals surface area contributed by atoms with E-state index in [0.717, 1.165) is 25.0 Å². The lowest BCUT2D eigenvalue weighted by Gasteiger charge is -2.30. The number of aryl methyl sites for hydroxylation is 3. The third-order valence-electron chi connectivity index (χ3n) is 6.00. The van der Waals surface area contributed by atoms with E-state index >= 15 is 0 Å². The van der Waals surface area contributed by atoms with Crippen molar-refractivity contribution in [3.63, 3.8) is 0 Å². The first kappa shape index (κ1) is 23.6. The highest BCUT2D eigenvalue weighted by atomic mass is 16.5. The summed E-state index contributed by atoms with van der Waals surface area (Å²) in [4.78, 5) is 12.7. The van der Waals surface area contributed by atoms with E-state index in [0.29, 0.717) is 6.42 Å². The fraction of sp³-hybridized carbons (Fsp3) is 0.345. The summed E-state index contributed by atoms with van der Waals surface area (Å²) in [6, 6.07) is 25.6. The summed E-state index contributed by atoms with van der Waals surface area (Å²) in [5, 5.41) is 3.37. The van der Waals surface area contributed by atoms with Gasteiger partial charge >= 0.3 is 0 Å². The standard InChI is InChI=1S/C29H35NO2/c1-5-6-28(31)30-27(20-13-23-11-7-21(2)8-12-23)29(24-14-9-22(3)10-15-24)25-16-18-26(32-4)19-17-25/h7-12,14-19,27,29H,5-6,13,20H2,1-4H3,(H,30,31)/t27-,29-/m1/s1. The number of hydrogen-bond acceptors (Lipinski definition) is 2. The van der Waals surface area contributed by atoms with Crippen LogP contribution in [0.2, 0.25) is 0 Å². The summed E-state index contributed by atoms with van der Waals surface area (Å²) < 4.78 is 5.37. The summed E-state index contributed by atoms with van der Waals surface area (Å²) in [5.41, 5.74) is 6.18. The summed E-state index contributed by atoms with van der Waals surface area (Å²) in [6.07, 6.45) is 3.16. The molecule has 32 heavy (non-hydrogen) atoms. The average molecular weight is 430 g/mol. The van der Waals surface area contributed by atoms with Crippen molar-refractivity contribution in [3.05, 3.63) is 101 Å². The van der Waals surface area contributed by atoms with Crippen LogP contribution < -0.4 is 10.1 Å². The zero-order valence-electron chi connectivity index (χ0n) is 19.7. The number of benzene rings is 3. The Kier molecular flexibility index (Phi) is 8.49. The number of ether oxygens (including phenoxy) is 1. The normalized spacial score (nSPS) is 12.8. The van der Waals surface area contributed by atoms with Gasteiger partial charge in [0.15, 0.2) is 0 Å². The zero-order valence-corrected chi connectivity index (χ0v) is 19.7. The number of carbonyl (C=O) groups excluding carboxylic acids is 1. The molecule has 0 aliphatic carbocycles. The first-order valence-corrected chi connectivity index (χ1v) is 11.6. The summed E-state index contributed by atoms with van der Waals surface area (Å²) in [7, 11) is 1.68. The Morgan fingerprint density at radius 3 is 1.91 bits per heavy atom. The molecule has 0 heterocycles. The molecule has 0 unspecified atom stereocenters. The second-order valence-electron chi connectivity index (χ2n) is 8.61. The molecule has 168 valence electrons. The number of methoxy groups -OCH3 is 1. The molecule has 0 radical (unpaired) electrons. The largest absolute Gasteiger partial charge is 0.497 e. The number of hydrogen-bond donors (Lipinski definition) is 1. The molecule has 3 aromatic carbocycles. The molecule has 1 N–H and O–H groups in total. The predicted molar refractivity (Wildman–Crippen MR) is 132 cm³/mol. The quantitative estimate of drug-likeness (QED) is 0.407. The number of carbonyl (C=O) groups is 1. The van der Waals surface area contributed by atoms with Gasteiger partial charge in [-0.3, -0.25) is 4.79 Å². The van der Waals surface area contributed by atoms with Crippen molar-refractivity contribution in [1.82, 2.24) is 5.32 Å². The molecule has 3 heteroatoms. The predicted octanol–water partition coefficient (Wildman–Crippen LogP) is 6.36. The van der Waals surface area contributed by atoms with E-state index in [1.807, 2.05) is 19.1 Å². The molecule has 0 fully saturated rings. The van der Waals surface area contributed by atoms with Gasteiger partial charge in [-0.05, 0) is 61.9 Å². The summed E-state index contributed by atoms with van der Waals surface area (Å²) >= 11 is 0. The summed E-state index contributed by atoms with van der Waals surface area (Å²) in [5.74, 6) is 1.02. The fourth-order valence-electron chi connectivity index (χ4n) is 4.15.